The number of carbonyl (C=O) groups excluding carboxylic acids is 1. The molecule has 0 bridgehead atoms. The van der Waals surface area contributed by atoms with Gasteiger partial charge in [0, 0.05) is 37.5 Å². The molecule has 0 saturated carbocycles. The molecule has 1 amide bonds. The number of carbonyl (C=O) groups is 1. The normalized spacial score (nSPS) is 16.8. The van der Waals surface area contributed by atoms with Crippen LogP contribution >= 0.6 is 0 Å². The van der Waals surface area contributed by atoms with E-state index in [0.29, 0.717) is 19.6 Å². The maximum absolute atomic E-state index is 11.6. The van der Waals surface area contributed by atoms with Gasteiger partial charge in [-0.15, -0.1) is 0 Å². The van der Waals surface area contributed by atoms with Crippen molar-refractivity contribution in [3.63, 3.8) is 0 Å². The van der Waals surface area contributed by atoms with E-state index in [1.807, 2.05) is 25.1 Å². The van der Waals surface area contributed by atoms with Gasteiger partial charge in [-0.05, 0) is 24.6 Å². The van der Waals surface area contributed by atoms with Crippen LogP contribution in [0, 0.1) is 0 Å². The Morgan fingerprint density at radius 2 is 2.29 bits per heavy atom. The number of rotatable bonds is 7. The molecule has 5 nitrogen and oxygen atoms in total. The number of nitrogens with one attached hydrogen (secondary N) is 2. The number of hydrogen-bond acceptors (Lipinski definition) is 4. The number of benzene rings is 1. The minimum atomic E-state index is 0.0993. The Hall–Kier alpha value is -1.75. The second-order valence-electron chi connectivity index (χ2n) is 5.15. The van der Waals surface area contributed by atoms with E-state index in [0.717, 1.165) is 36.4 Å². The summed E-state index contributed by atoms with van der Waals surface area (Å²) in [5.74, 6) is 1.82. The molecule has 0 radical (unpaired) electrons. The van der Waals surface area contributed by atoms with Crippen molar-refractivity contribution in [2.75, 3.05) is 26.8 Å². The molecular weight excluding hydrogens is 268 g/mol. The highest BCUT2D eigenvalue weighted by molar-refractivity contribution is 5.76. The van der Waals surface area contributed by atoms with Crippen LogP contribution in [0.2, 0.25) is 0 Å². The predicted molar refractivity (Wildman–Crippen MR) is 81.8 cm³/mol. The molecule has 116 valence electrons. The van der Waals surface area contributed by atoms with Gasteiger partial charge in [-0.3, -0.25) is 4.79 Å². The first-order valence-electron chi connectivity index (χ1n) is 7.55. The smallest absolute Gasteiger partial charge is 0.221 e. The Balaban J connectivity index is 1.89. The van der Waals surface area contributed by atoms with Gasteiger partial charge in [0.2, 0.25) is 5.91 Å². The van der Waals surface area contributed by atoms with Gasteiger partial charge in [0.1, 0.15) is 11.5 Å². The molecule has 2 N–H and O–H groups in total. The van der Waals surface area contributed by atoms with Crippen molar-refractivity contribution in [1.29, 1.82) is 0 Å². The summed E-state index contributed by atoms with van der Waals surface area (Å²) in [5.41, 5.74) is 1.11. The van der Waals surface area contributed by atoms with Crippen LogP contribution in [0.1, 0.15) is 37.8 Å². The van der Waals surface area contributed by atoms with Crippen LogP contribution in [-0.4, -0.2) is 32.7 Å². The Kier molecular flexibility index (Phi) is 5.87. The summed E-state index contributed by atoms with van der Waals surface area (Å²) in [4.78, 5) is 11.6. The van der Waals surface area contributed by atoms with Crippen molar-refractivity contribution in [3.05, 3.63) is 23.8 Å². The van der Waals surface area contributed by atoms with Crippen LogP contribution in [0.4, 0.5) is 0 Å². The van der Waals surface area contributed by atoms with Crippen LogP contribution in [0.25, 0.3) is 0 Å². The molecule has 2 rings (SSSR count). The predicted octanol–water partition coefficient (Wildman–Crippen LogP) is 2.02. The summed E-state index contributed by atoms with van der Waals surface area (Å²) in [6.45, 7) is 4.15. The summed E-state index contributed by atoms with van der Waals surface area (Å²) in [5, 5.41) is 6.32. The first-order valence-corrected chi connectivity index (χ1v) is 7.55. The van der Waals surface area contributed by atoms with Gasteiger partial charge < -0.3 is 20.1 Å². The molecule has 1 aliphatic heterocycles. The number of methoxy groups -OCH3 is 1. The zero-order valence-corrected chi connectivity index (χ0v) is 12.8. The molecular formula is C16H24N2O3. The van der Waals surface area contributed by atoms with E-state index in [9.17, 15) is 4.79 Å². The molecule has 1 aromatic rings. The Labute approximate surface area is 126 Å². The fourth-order valence-corrected chi connectivity index (χ4v) is 2.42. The van der Waals surface area contributed by atoms with Crippen LogP contribution in [0.3, 0.4) is 0 Å². The maximum Gasteiger partial charge on any atom is 0.221 e. The van der Waals surface area contributed by atoms with Gasteiger partial charge in [-0.2, -0.15) is 0 Å². The van der Waals surface area contributed by atoms with E-state index in [1.165, 1.54) is 0 Å². The minimum Gasteiger partial charge on any atom is -0.497 e. The van der Waals surface area contributed by atoms with Gasteiger partial charge >= 0.3 is 0 Å². The van der Waals surface area contributed by atoms with E-state index in [4.69, 9.17) is 9.47 Å². The van der Waals surface area contributed by atoms with Crippen molar-refractivity contribution >= 4 is 5.91 Å². The van der Waals surface area contributed by atoms with Crippen LogP contribution in [0.15, 0.2) is 18.2 Å². The van der Waals surface area contributed by atoms with E-state index in [2.05, 4.69) is 10.6 Å². The fourth-order valence-electron chi connectivity index (χ4n) is 2.42. The average molecular weight is 292 g/mol. The third kappa shape index (κ3) is 4.36. The Morgan fingerprint density at radius 1 is 1.43 bits per heavy atom. The van der Waals surface area contributed by atoms with E-state index in [1.54, 1.807) is 7.11 Å². The second-order valence-corrected chi connectivity index (χ2v) is 5.15. The van der Waals surface area contributed by atoms with Gasteiger partial charge in [-0.1, -0.05) is 6.92 Å². The molecule has 0 spiro atoms. The number of fused-ring (bicyclic) bond motifs is 1. The third-order valence-corrected chi connectivity index (χ3v) is 3.57. The topological polar surface area (TPSA) is 59.6 Å². The first-order chi connectivity index (χ1) is 10.2. The maximum atomic E-state index is 11.6. The molecule has 1 aliphatic rings. The molecule has 0 saturated heterocycles. The van der Waals surface area contributed by atoms with Gasteiger partial charge in [0.15, 0.2) is 0 Å². The summed E-state index contributed by atoms with van der Waals surface area (Å²) in [6.07, 6.45) is 2.36. The summed E-state index contributed by atoms with van der Waals surface area (Å²) in [6, 6.07) is 6.06. The van der Waals surface area contributed by atoms with Crippen molar-refractivity contribution in [1.82, 2.24) is 10.6 Å². The molecule has 1 heterocycles. The summed E-state index contributed by atoms with van der Waals surface area (Å²) < 4.78 is 10.9. The number of ether oxygens (including phenoxy) is 2. The van der Waals surface area contributed by atoms with Gasteiger partial charge in [0.25, 0.3) is 0 Å². The molecule has 5 heteroatoms. The summed E-state index contributed by atoms with van der Waals surface area (Å²) >= 11 is 0. The molecule has 1 atom stereocenters. The van der Waals surface area contributed by atoms with E-state index in [-0.39, 0.29) is 11.9 Å². The van der Waals surface area contributed by atoms with E-state index >= 15 is 0 Å². The van der Waals surface area contributed by atoms with Crippen LogP contribution < -0.4 is 20.1 Å². The lowest BCUT2D eigenvalue weighted by molar-refractivity contribution is -0.121. The third-order valence-electron chi connectivity index (χ3n) is 3.57. The molecule has 0 aromatic heterocycles. The molecule has 0 fully saturated rings. The fraction of sp³-hybridized carbons (Fsp3) is 0.562. The Morgan fingerprint density at radius 3 is 3.05 bits per heavy atom. The largest absolute Gasteiger partial charge is 0.497 e. The first kappa shape index (κ1) is 15.6. The van der Waals surface area contributed by atoms with Crippen LogP contribution in [-0.2, 0) is 4.79 Å². The molecule has 0 aliphatic carbocycles. The lowest BCUT2D eigenvalue weighted by Crippen LogP contribution is -2.32. The lowest BCUT2D eigenvalue weighted by atomic mass is 10.00. The lowest BCUT2D eigenvalue weighted by Gasteiger charge is -2.27. The molecule has 1 aromatic carbocycles. The minimum absolute atomic E-state index is 0.0993. The van der Waals surface area contributed by atoms with Crippen molar-refractivity contribution in [2.45, 2.75) is 32.2 Å². The zero-order valence-electron chi connectivity index (χ0n) is 12.8. The highest BCUT2D eigenvalue weighted by atomic mass is 16.5. The SMILES string of the molecule is CCCNC(=O)CCNC1CCOc2ccc(OC)cc21. The molecule has 21 heavy (non-hydrogen) atoms. The van der Waals surface area contributed by atoms with Crippen molar-refractivity contribution in [2.24, 2.45) is 0 Å². The quantitative estimate of drug-likeness (QED) is 0.807. The zero-order chi connectivity index (χ0) is 15.1. The summed E-state index contributed by atoms with van der Waals surface area (Å²) in [7, 11) is 1.66. The standard InChI is InChI=1S/C16H24N2O3/c1-3-8-18-16(19)6-9-17-14-7-10-21-15-5-4-12(20-2)11-13(14)15/h4-5,11,14,17H,3,6-10H2,1-2H3,(H,18,19). The highest BCUT2D eigenvalue weighted by Gasteiger charge is 2.21. The Bertz CT molecular complexity index is 477. The monoisotopic (exact) mass is 292 g/mol. The molecule has 1 unspecified atom stereocenters. The van der Waals surface area contributed by atoms with Crippen molar-refractivity contribution < 1.29 is 14.3 Å². The second kappa shape index (κ2) is 7.88. The van der Waals surface area contributed by atoms with Crippen LogP contribution in [0.5, 0.6) is 11.5 Å². The number of amides is 1. The van der Waals surface area contributed by atoms with Gasteiger partial charge in [-0.25, -0.2) is 0 Å². The van der Waals surface area contributed by atoms with Crippen molar-refractivity contribution in [3.8, 4) is 11.5 Å². The number of hydrogen-bond donors (Lipinski definition) is 2. The highest BCUT2D eigenvalue weighted by Crippen LogP contribution is 2.34. The average Bonchev–Trinajstić information content (AvgIpc) is 2.52. The van der Waals surface area contributed by atoms with Gasteiger partial charge in [0.05, 0.1) is 13.7 Å². The van der Waals surface area contributed by atoms with E-state index < -0.39 is 0 Å².